The van der Waals surface area contributed by atoms with Gasteiger partial charge < -0.3 is 14.4 Å². The second kappa shape index (κ2) is 4.68. The van der Waals surface area contributed by atoms with Gasteiger partial charge in [0.05, 0.1) is 13.2 Å². The van der Waals surface area contributed by atoms with Crippen LogP contribution >= 0.6 is 0 Å². The molecule has 1 aliphatic heterocycles. The van der Waals surface area contributed by atoms with Crippen LogP contribution in [0, 0.1) is 0 Å². The minimum atomic E-state index is -0.783. The van der Waals surface area contributed by atoms with Gasteiger partial charge in [-0.2, -0.15) is 0 Å². The van der Waals surface area contributed by atoms with Crippen molar-refractivity contribution in [2.75, 3.05) is 6.61 Å². The van der Waals surface area contributed by atoms with Gasteiger partial charge in [-0.1, -0.05) is 19.4 Å². The third kappa shape index (κ3) is 2.33. The Morgan fingerprint density at radius 3 is 3.20 bits per heavy atom. The molecule has 0 amide bonds. The van der Waals surface area contributed by atoms with Crippen molar-refractivity contribution in [1.29, 1.82) is 0 Å². The zero-order chi connectivity index (χ0) is 10.7. The summed E-state index contributed by atoms with van der Waals surface area (Å²) < 4.78 is 10.7. The van der Waals surface area contributed by atoms with E-state index in [0.29, 0.717) is 6.61 Å². The topological polar surface area (TPSA) is 38.7 Å². The molecule has 15 heavy (non-hydrogen) atoms. The molecule has 3 nitrogen and oxygen atoms in total. The van der Waals surface area contributed by atoms with Crippen molar-refractivity contribution in [3.63, 3.8) is 0 Å². The number of benzene rings is 1. The summed E-state index contributed by atoms with van der Waals surface area (Å²) in [5.74, 6) is 0.812. The maximum Gasteiger partial charge on any atom is 0.491 e. The van der Waals surface area contributed by atoms with E-state index in [-0.39, 0.29) is 0 Å². The van der Waals surface area contributed by atoms with Crippen LogP contribution in [0.2, 0.25) is 0 Å². The molecule has 0 saturated heterocycles. The Labute approximate surface area is 90.2 Å². The molecule has 0 fully saturated rings. The summed E-state index contributed by atoms with van der Waals surface area (Å²) in [6, 6.07) is 5.74. The molecule has 0 spiro atoms. The minimum Gasteiger partial charge on any atom is -0.494 e. The van der Waals surface area contributed by atoms with Crippen molar-refractivity contribution < 1.29 is 14.4 Å². The summed E-state index contributed by atoms with van der Waals surface area (Å²) in [4.78, 5) is 0. The summed E-state index contributed by atoms with van der Waals surface area (Å²) in [5, 5.41) is 9.50. The molecular weight excluding hydrogens is 191 g/mol. The quantitative estimate of drug-likeness (QED) is 0.591. The monoisotopic (exact) mass is 206 g/mol. The van der Waals surface area contributed by atoms with Gasteiger partial charge in [-0.25, -0.2) is 0 Å². The van der Waals surface area contributed by atoms with Gasteiger partial charge in [0.2, 0.25) is 0 Å². The number of fused-ring (bicyclic) bond motifs is 1. The number of unbranched alkanes of at least 4 members (excludes halogenated alkanes) is 1. The maximum atomic E-state index is 9.50. The van der Waals surface area contributed by atoms with E-state index in [1.807, 2.05) is 18.2 Å². The van der Waals surface area contributed by atoms with Crippen LogP contribution in [0.3, 0.4) is 0 Å². The molecule has 0 atom stereocenters. The first-order valence-electron chi connectivity index (χ1n) is 5.36. The summed E-state index contributed by atoms with van der Waals surface area (Å²) >= 11 is 0. The molecule has 2 rings (SSSR count). The lowest BCUT2D eigenvalue weighted by Gasteiger charge is -2.06. The van der Waals surface area contributed by atoms with Crippen molar-refractivity contribution >= 4 is 12.6 Å². The van der Waals surface area contributed by atoms with Crippen LogP contribution in [-0.4, -0.2) is 18.7 Å². The normalized spacial score (nSPS) is 14.1. The molecule has 0 bridgehead atoms. The van der Waals surface area contributed by atoms with Gasteiger partial charge in [0.15, 0.2) is 0 Å². The van der Waals surface area contributed by atoms with E-state index < -0.39 is 7.12 Å². The van der Waals surface area contributed by atoms with Crippen LogP contribution in [0.5, 0.6) is 5.75 Å². The molecule has 80 valence electrons. The van der Waals surface area contributed by atoms with Gasteiger partial charge in [-0.3, -0.25) is 0 Å². The lowest BCUT2D eigenvalue weighted by atomic mass is 9.79. The Morgan fingerprint density at radius 1 is 1.53 bits per heavy atom. The molecule has 1 aliphatic rings. The van der Waals surface area contributed by atoms with Crippen LogP contribution in [0.4, 0.5) is 0 Å². The van der Waals surface area contributed by atoms with E-state index in [0.717, 1.165) is 36.2 Å². The molecule has 1 heterocycles. The smallest absolute Gasteiger partial charge is 0.491 e. The van der Waals surface area contributed by atoms with Gasteiger partial charge >= 0.3 is 7.12 Å². The second-order valence-corrected chi connectivity index (χ2v) is 3.73. The molecular formula is C11H15BO3. The SMILES string of the molecule is CCCCOc1ccc2c(c1)B(O)OC2. The predicted octanol–water partition coefficient (Wildman–Crippen LogP) is 1.08. The van der Waals surface area contributed by atoms with Crippen LogP contribution in [-0.2, 0) is 11.3 Å². The molecule has 4 heteroatoms. The molecule has 0 radical (unpaired) electrons. The molecule has 1 aromatic rings. The fraction of sp³-hybridized carbons (Fsp3) is 0.455. The van der Waals surface area contributed by atoms with E-state index in [9.17, 15) is 5.02 Å². The summed E-state index contributed by atoms with van der Waals surface area (Å²) in [6.07, 6.45) is 2.17. The van der Waals surface area contributed by atoms with Gasteiger partial charge in [0, 0.05) is 0 Å². The van der Waals surface area contributed by atoms with Gasteiger partial charge in [-0.05, 0) is 29.6 Å². The van der Waals surface area contributed by atoms with Gasteiger partial charge in [0.25, 0.3) is 0 Å². The standard InChI is InChI=1S/C11H15BO3/c1-2-3-6-14-10-5-4-9-8-15-12(13)11(9)7-10/h4-5,7,13H,2-3,6,8H2,1H3. The summed E-state index contributed by atoms with van der Waals surface area (Å²) in [5.41, 5.74) is 1.88. The van der Waals surface area contributed by atoms with E-state index in [1.165, 1.54) is 0 Å². The van der Waals surface area contributed by atoms with Crippen LogP contribution < -0.4 is 10.2 Å². The average molecular weight is 206 g/mol. The Balaban J connectivity index is 2.05. The van der Waals surface area contributed by atoms with Crippen molar-refractivity contribution in [3.05, 3.63) is 23.8 Å². The molecule has 0 saturated carbocycles. The molecule has 1 aromatic carbocycles. The first-order chi connectivity index (χ1) is 7.31. The van der Waals surface area contributed by atoms with Crippen molar-refractivity contribution in [3.8, 4) is 5.75 Å². The third-order valence-electron chi connectivity index (χ3n) is 2.55. The number of rotatable bonds is 4. The predicted molar refractivity (Wildman–Crippen MR) is 59.2 cm³/mol. The lowest BCUT2D eigenvalue weighted by Crippen LogP contribution is -2.28. The van der Waals surface area contributed by atoms with Crippen LogP contribution in [0.25, 0.3) is 0 Å². The highest BCUT2D eigenvalue weighted by Gasteiger charge is 2.27. The molecule has 0 aromatic heterocycles. The van der Waals surface area contributed by atoms with Crippen LogP contribution in [0.1, 0.15) is 25.3 Å². The third-order valence-corrected chi connectivity index (χ3v) is 2.55. The molecule has 0 aliphatic carbocycles. The Hall–Kier alpha value is -0.995. The van der Waals surface area contributed by atoms with E-state index >= 15 is 0 Å². The number of hydrogen-bond donors (Lipinski definition) is 1. The highest BCUT2D eigenvalue weighted by molar-refractivity contribution is 6.61. The highest BCUT2D eigenvalue weighted by Crippen LogP contribution is 2.16. The van der Waals surface area contributed by atoms with E-state index in [2.05, 4.69) is 6.92 Å². The Bertz CT molecular complexity index is 341. The summed E-state index contributed by atoms with van der Waals surface area (Å²) in [6.45, 7) is 3.35. The lowest BCUT2D eigenvalue weighted by molar-refractivity contribution is 0.275. The molecule has 0 unspecified atom stereocenters. The van der Waals surface area contributed by atoms with Crippen molar-refractivity contribution in [1.82, 2.24) is 0 Å². The number of hydrogen-bond acceptors (Lipinski definition) is 3. The fourth-order valence-corrected chi connectivity index (χ4v) is 1.62. The summed E-state index contributed by atoms with van der Waals surface area (Å²) in [7, 11) is -0.783. The van der Waals surface area contributed by atoms with Gasteiger partial charge in [-0.15, -0.1) is 0 Å². The largest absolute Gasteiger partial charge is 0.494 e. The number of ether oxygens (including phenoxy) is 1. The van der Waals surface area contributed by atoms with Crippen molar-refractivity contribution in [2.45, 2.75) is 26.4 Å². The second-order valence-electron chi connectivity index (χ2n) is 3.73. The molecule has 1 N–H and O–H groups in total. The zero-order valence-corrected chi connectivity index (χ0v) is 8.90. The van der Waals surface area contributed by atoms with E-state index in [4.69, 9.17) is 9.39 Å². The van der Waals surface area contributed by atoms with E-state index in [1.54, 1.807) is 0 Å². The Morgan fingerprint density at radius 2 is 2.40 bits per heavy atom. The van der Waals surface area contributed by atoms with Gasteiger partial charge in [0.1, 0.15) is 5.75 Å². The zero-order valence-electron chi connectivity index (χ0n) is 8.90. The first-order valence-corrected chi connectivity index (χ1v) is 5.36. The minimum absolute atomic E-state index is 0.492. The highest BCUT2D eigenvalue weighted by atomic mass is 16.5. The van der Waals surface area contributed by atoms with Crippen molar-refractivity contribution in [2.24, 2.45) is 0 Å². The fourth-order valence-electron chi connectivity index (χ4n) is 1.62. The van der Waals surface area contributed by atoms with Crippen LogP contribution in [0.15, 0.2) is 18.2 Å². The average Bonchev–Trinajstić information content (AvgIpc) is 2.61. The maximum absolute atomic E-state index is 9.50. The Kier molecular flexibility index (Phi) is 3.28. The first kappa shape index (κ1) is 10.5.